The molecule has 0 amide bonds. The van der Waals surface area contributed by atoms with E-state index in [0.29, 0.717) is 35.1 Å². The molecule has 6 N–H and O–H groups in total. The van der Waals surface area contributed by atoms with Crippen LogP contribution in [-0.4, -0.2) is 81.0 Å². The van der Waals surface area contributed by atoms with Crippen LogP contribution in [0.3, 0.4) is 0 Å². The van der Waals surface area contributed by atoms with Crippen molar-refractivity contribution in [2.24, 2.45) is 7.05 Å². The highest BCUT2D eigenvalue weighted by atomic mass is 35.5. The summed E-state index contributed by atoms with van der Waals surface area (Å²) in [5.74, 6) is 1.65. The smallest absolute Gasteiger partial charge is 0.323 e. The first-order valence-electron chi connectivity index (χ1n) is 45.0. The third-order valence-electron chi connectivity index (χ3n) is 23.0. The van der Waals surface area contributed by atoms with Crippen molar-refractivity contribution in [2.75, 3.05) is 69.0 Å². The maximum atomic E-state index is 11.0. The van der Waals surface area contributed by atoms with Crippen LogP contribution in [0, 0.1) is 9.61 Å². The van der Waals surface area contributed by atoms with E-state index in [0.717, 1.165) is 95.6 Å². The fourth-order valence-corrected chi connectivity index (χ4v) is 24.2. The second kappa shape index (κ2) is 46.7. The molecule has 0 atom stereocenters. The predicted molar refractivity (Wildman–Crippen MR) is 569 cm³/mol. The lowest BCUT2D eigenvalue weighted by molar-refractivity contribution is -0.137. The molecule has 14 aromatic carbocycles. The molecule has 0 bridgehead atoms. The van der Waals surface area contributed by atoms with E-state index in [-0.39, 0.29) is 13.0 Å². The number of benzene rings is 14. The second-order valence-corrected chi connectivity index (χ2v) is 40.9. The van der Waals surface area contributed by atoms with Gasteiger partial charge < -0.3 is 63.8 Å². The standard InChI is InChI=1S/C22H29NS.C16H14N4S2.C15H11N3OS2.C15H13NO2S.C14H11NO2S.C13H10ClNOS.C13H11NOS/c1-2-3-4-5-6-7-8-13-18-23-19-14-9-11-16-21(19)24-22-17-12-10-15-20(22)23;1-19-15(17-18-16(19)21)10-20-11-6-2-4-8-13(11)22-14-9-5-3-7-12(14)20;20-15-17-16-14(19-15)9-18-10-5-1-3-7-12(10)21-13-8-4-2-6-11(13)18;17-15(18)9-10-16-11-5-1-3-7-13(11)19-14-8-4-2-6-12(14)16;16-14(17)9-15-10-5-1-3-7-12(10)18-13-8-4-2-6-11(13)15;1-16-9-3-4-10-13(7-9)17-12-5-2-8(14)6-11(12)15-10;1-15-9-6-7-13-11(8-9)14-10-4-2-3-5-12(10)16-13/h9-12,14-17H,2-8,13,18H2,1H3;2-9H,10H2,1H3,(H,18,21);1-8H,9H2,(H,17,20);1-8H,9-10H2,(H,17,18);1-8H,9H2,(H,16,17);2-7,15H,1H3;2-8,14H,1H3. The quantitative estimate of drug-likeness (QED) is 0.0310. The summed E-state index contributed by atoms with van der Waals surface area (Å²) in [5.41, 5.74) is 16.0. The van der Waals surface area contributed by atoms with Crippen molar-refractivity contribution in [3.63, 3.8) is 0 Å². The van der Waals surface area contributed by atoms with Gasteiger partial charge in [-0.3, -0.25) is 14.7 Å². The number of rotatable bonds is 20. The molecule has 0 fully saturated rings. The van der Waals surface area contributed by atoms with Gasteiger partial charge in [0, 0.05) is 99.8 Å². The predicted octanol–water partition coefficient (Wildman–Crippen LogP) is 31.8. The van der Waals surface area contributed by atoms with Crippen molar-refractivity contribution < 1.29 is 33.7 Å². The molecule has 7 aliphatic heterocycles. The number of hydrogen-bond acceptors (Lipinski definition) is 23. The molecular formula is C108H99ClN12O7S9. The van der Waals surface area contributed by atoms with Crippen LogP contribution in [0.4, 0.5) is 79.6 Å². The molecule has 2 aromatic heterocycles. The van der Waals surface area contributed by atoms with E-state index < -0.39 is 11.9 Å². The third-order valence-corrected chi connectivity index (χ3v) is 31.7. The molecule has 16 aromatic rings. The van der Waals surface area contributed by atoms with Crippen molar-refractivity contribution >= 4 is 210 Å². The maximum Gasteiger partial charge on any atom is 0.323 e. The van der Waals surface area contributed by atoms with Crippen LogP contribution in [0.5, 0.6) is 11.5 Å². The number of H-pyrrole nitrogens is 2. The summed E-state index contributed by atoms with van der Waals surface area (Å²) < 4.78 is 18.4. The number of carboxylic acids is 2. The molecule has 19 nitrogen and oxygen atoms in total. The monoisotopic (exact) mass is 2000 g/mol. The minimum absolute atomic E-state index is 0.0193. The number of nitrogens with one attached hydrogen (secondary N) is 4. The fraction of sp³-hybridized carbons (Fsp3) is 0.167. The number of halogens is 1. The van der Waals surface area contributed by atoms with Gasteiger partial charge in [0.05, 0.1) is 107 Å². The summed E-state index contributed by atoms with van der Waals surface area (Å²) in [6, 6.07) is 109. The zero-order valence-corrected chi connectivity index (χ0v) is 83.7. The molecule has 694 valence electrons. The number of nitrogens with zero attached hydrogens (tertiary/aromatic N) is 8. The number of carboxylic acid groups (broad SMARTS) is 2. The number of hydrogen-bond donors (Lipinski definition) is 6. The van der Waals surface area contributed by atoms with Gasteiger partial charge in [-0.15, -0.1) is 5.10 Å². The summed E-state index contributed by atoms with van der Waals surface area (Å²) in [5, 5.41) is 39.5. The second-order valence-electron chi connectivity index (χ2n) is 32.1. The van der Waals surface area contributed by atoms with Crippen LogP contribution in [0.1, 0.15) is 76.4 Å². The molecule has 0 saturated carbocycles. The number of fused-ring (bicyclic) bond motifs is 14. The third kappa shape index (κ3) is 23.9. The zero-order valence-electron chi connectivity index (χ0n) is 75.6. The maximum absolute atomic E-state index is 11.0. The Hall–Kier alpha value is -12.3. The Kier molecular flexibility index (Phi) is 32.8. The van der Waals surface area contributed by atoms with Gasteiger partial charge in [0.1, 0.15) is 24.6 Å². The topological polar surface area (TPSA) is 209 Å². The van der Waals surface area contributed by atoms with Crippen molar-refractivity contribution in [3.05, 3.63) is 348 Å². The van der Waals surface area contributed by atoms with Crippen molar-refractivity contribution in [1.29, 1.82) is 0 Å². The molecule has 0 saturated heterocycles. The van der Waals surface area contributed by atoms with E-state index in [1.807, 2.05) is 192 Å². The minimum Gasteiger partial charge on any atom is -0.497 e. The van der Waals surface area contributed by atoms with Gasteiger partial charge in [-0.05, 0) is 213 Å². The summed E-state index contributed by atoms with van der Waals surface area (Å²) in [6.45, 7) is 5.11. The van der Waals surface area contributed by atoms with Crippen molar-refractivity contribution in [2.45, 2.75) is 146 Å². The van der Waals surface area contributed by atoms with Crippen molar-refractivity contribution in [3.8, 4) is 11.5 Å². The number of ether oxygens (including phenoxy) is 2. The van der Waals surface area contributed by atoms with E-state index in [1.165, 1.54) is 133 Å². The number of carbonyl (C=O) groups is 2. The van der Waals surface area contributed by atoms with Crippen LogP contribution in [0.15, 0.2) is 394 Å². The molecule has 23 rings (SSSR count). The normalized spacial score (nSPS) is 12.7. The molecule has 29 heteroatoms. The number of para-hydroxylation sites is 11. The first-order chi connectivity index (χ1) is 67.1. The number of aromatic nitrogens is 5. The van der Waals surface area contributed by atoms with Gasteiger partial charge in [0.2, 0.25) is 5.89 Å². The Morgan fingerprint density at radius 3 is 1.11 bits per heavy atom. The first-order valence-corrected chi connectivity index (χ1v) is 51.9. The summed E-state index contributed by atoms with van der Waals surface area (Å²) >= 11 is 28.6. The zero-order chi connectivity index (χ0) is 94.5. The lowest BCUT2D eigenvalue weighted by Crippen LogP contribution is -2.27. The summed E-state index contributed by atoms with van der Waals surface area (Å²) in [4.78, 5) is 50.3. The van der Waals surface area contributed by atoms with E-state index in [1.54, 1.807) is 73.0 Å². The van der Waals surface area contributed by atoms with Crippen molar-refractivity contribution in [1.82, 2.24) is 25.0 Å². The number of methoxy groups -OCH3 is 2. The van der Waals surface area contributed by atoms with E-state index in [2.05, 4.69) is 227 Å². The lowest BCUT2D eigenvalue weighted by Gasteiger charge is -2.32. The highest BCUT2D eigenvalue weighted by Crippen LogP contribution is 2.55. The van der Waals surface area contributed by atoms with Gasteiger partial charge in [-0.2, -0.15) is 5.10 Å². The van der Waals surface area contributed by atoms with Gasteiger partial charge in [-0.25, -0.2) is 5.10 Å². The Morgan fingerprint density at radius 2 is 0.701 bits per heavy atom. The Morgan fingerprint density at radius 1 is 0.358 bits per heavy atom. The number of aromatic amines is 2. The summed E-state index contributed by atoms with van der Waals surface area (Å²) in [6.07, 6.45) is 11.1. The fourth-order valence-electron chi connectivity index (χ4n) is 16.3. The van der Waals surface area contributed by atoms with Crippen LogP contribution in [-0.2, 0) is 29.7 Å². The largest absolute Gasteiger partial charge is 0.497 e. The number of anilines is 14. The average Bonchev–Trinajstić information content (AvgIpc) is 1.75. The molecule has 0 unspecified atom stereocenters. The van der Waals surface area contributed by atoms with Crippen LogP contribution >= 0.6 is 118 Å². The molecule has 9 heterocycles. The Labute approximate surface area is 843 Å². The molecule has 0 spiro atoms. The van der Waals surface area contributed by atoms with E-state index in [9.17, 15) is 9.59 Å². The number of unbranched alkanes of at least 4 members (excludes halogenated alkanes) is 7. The number of aliphatic carboxylic acids is 2. The SMILES string of the molecule is CCCCCCCCCCN1c2ccccc2Sc2ccccc21.COc1ccc2c(c1)Nc1ccccc1S2.COc1ccc2c(c1)Sc1ccc(Cl)cc1N2.Cn1c(CN2c3ccccc3Sc3ccccc32)n[nH]c1=S.O=C(O)CCN1c2ccccc2Sc2ccccc21.O=C(O)CN1c2ccccc2Sc2ccccc21.S=c1[nH]nc(CN2c3ccccc3Sc3ccccc32)o1. The Balaban J connectivity index is 0.000000111. The van der Waals surface area contributed by atoms with Crippen LogP contribution in [0.25, 0.3) is 0 Å². The molecule has 137 heavy (non-hydrogen) atoms. The van der Waals surface area contributed by atoms with E-state index in [4.69, 9.17) is 60.1 Å². The van der Waals surface area contributed by atoms with Gasteiger partial charge >= 0.3 is 11.9 Å². The lowest BCUT2D eigenvalue weighted by atomic mass is 10.1. The minimum atomic E-state index is -0.827. The van der Waals surface area contributed by atoms with Crippen LogP contribution in [0.2, 0.25) is 5.02 Å². The molecule has 0 radical (unpaired) electrons. The first kappa shape index (κ1) is 96.4. The van der Waals surface area contributed by atoms with E-state index >= 15 is 0 Å². The summed E-state index contributed by atoms with van der Waals surface area (Å²) in [7, 11) is 5.31. The molecule has 0 aliphatic carbocycles. The highest BCUT2D eigenvalue weighted by Gasteiger charge is 2.31. The average molecular weight is 2000 g/mol. The van der Waals surface area contributed by atoms with Gasteiger partial charge in [0.25, 0.3) is 4.84 Å². The van der Waals surface area contributed by atoms with Gasteiger partial charge in [-0.1, -0.05) is 279 Å². The Bertz CT molecular complexity index is 6850. The molecular weight excluding hydrogens is 1900 g/mol. The highest BCUT2D eigenvalue weighted by molar-refractivity contribution is 8.01. The molecule has 7 aliphatic rings. The van der Waals surface area contributed by atoms with Crippen LogP contribution < -0.4 is 44.6 Å². The van der Waals surface area contributed by atoms with Gasteiger partial charge in [0.15, 0.2) is 10.6 Å².